The Hall–Kier alpha value is -1.09. The summed E-state index contributed by atoms with van der Waals surface area (Å²) in [5.41, 5.74) is 0.495. The molecule has 0 unspecified atom stereocenters. The van der Waals surface area contributed by atoms with Gasteiger partial charge in [-0.25, -0.2) is 9.37 Å². The molecule has 2 rings (SSSR count). The molecule has 0 radical (unpaired) electrons. The van der Waals surface area contributed by atoms with Gasteiger partial charge < -0.3 is 4.57 Å². The molecule has 4 heteroatoms. The average Bonchev–Trinajstić information content (AvgIpc) is 2.42. The molecule has 12 heavy (non-hydrogen) atoms. The third-order valence-electron chi connectivity index (χ3n) is 1.81. The second-order valence-corrected chi connectivity index (χ2v) is 2.94. The van der Waals surface area contributed by atoms with Crippen molar-refractivity contribution in [1.82, 2.24) is 9.55 Å². The summed E-state index contributed by atoms with van der Waals surface area (Å²) in [7, 11) is 1.77. The van der Waals surface area contributed by atoms with Crippen LogP contribution in [0.3, 0.4) is 0 Å². The molecule has 0 amide bonds. The van der Waals surface area contributed by atoms with Gasteiger partial charge in [-0.2, -0.15) is 0 Å². The highest BCUT2D eigenvalue weighted by atomic mass is 35.5. The minimum atomic E-state index is -0.345. The molecule has 0 aliphatic rings. The predicted octanol–water partition coefficient (Wildman–Crippen LogP) is 2.37. The summed E-state index contributed by atoms with van der Waals surface area (Å²) in [5.74, 6) is -0.345. The fourth-order valence-corrected chi connectivity index (χ4v) is 1.44. The molecule has 2 aromatic rings. The van der Waals surface area contributed by atoms with Gasteiger partial charge in [0.2, 0.25) is 0 Å². The van der Waals surface area contributed by atoms with E-state index in [9.17, 15) is 4.39 Å². The summed E-state index contributed by atoms with van der Waals surface area (Å²) >= 11 is 5.75. The molecule has 0 aromatic carbocycles. The molecule has 62 valence electrons. The molecule has 2 heterocycles. The van der Waals surface area contributed by atoms with Crippen molar-refractivity contribution in [2.45, 2.75) is 0 Å². The van der Waals surface area contributed by atoms with Crippen LogP contribution in [0.2, 0.25) is 5.15 Å². The number of aromatic nitrogens is 2. The van der Waals surface area contributed by atoms with Crippen LogP contribution in [0.1, 0.15) is 0 Å². The van der Waals surface area contributed by atoms with Crippen molar-refractivity contribution < 1.29 is 4.39 Å². The first-order valence-corrected chi connectivity index (χ1v) is 3.83. The molecule has 0 saturated heterocycles. The molecule has 0 N–H and O–H groups in total. The summed E-state index contributed by atoms with van der Waals surface area (Å²) in [4.78, 5) is 3.70. The van der Waals surface area contributed by atoms with E-state index in [1.54, 1.807) is 23.9 Å². The first kappa shape index (κ1) is 7.55. The van der Waals surface area contributed by atoms with Gasteiger partial charge in [0, 0.05) is 18.6 Å². The van der Waals surface area contributed by atoms with Crippen LogP contribution in [0.4, 0.5) is 4.39 Å². The predicted molar refractivity (Wildman–Crippen MR) is 45.7 cm³/mol. The van der Waals surface area contributed by atoms with Crippen molar-refractivity contribution in [2.24, 2.45) is 7.05 Å². The first-order chi connectivity index (χ1) is 5.70. The van der Waals surface area contributed by atoms with E-state index >= 15 is 0 Å². The van der Waals surface area contributed by atoms with Crippen molar-refractivity contribution in [3.8, 4) is 0 Å². The molecule has 0 aliphatic heterocycles. The van der Waals surface area contributed by atoms with Gasteiger partial charge in [0.1, 0.15) is 5.15 Å². The van der Waals surface area contributed by atoms with Gasteiger partial charge in [0.05, 0.1) is 11.7 Å². The van der Waals surface area contributed by atoms with Crippen molar-refractivity contribution in [3.63, 3.8) is 0 Å². The van der Waals surface area contributed by atoms with Crippen molar-refractivity contribution in [2.75, 3.05) is 0 Å². The maximum atomic E-state index is 13.1. The molecule has 0 spiro atoms. The van der Waals surface area contributed by atoms with Crippen molar-refractivity contribution in [3.05, 3.63) is 29.4 Å². The Morgan fingerprint density at radius 1 is 1.58 bits per heavy atom. The lowest BCUT2D eigenvalue weighted by Crippen LogP contribution is -1.89. The Morgan fingerprint density at radius 2 is 2.33 bits per heavy atom. The number of fused-ring (bicyclic) bond motifs is 1. The monoisotopic (exact) mass is 184 g/mol. The third-order valence-corrected chi connectivity index (χ3v) is 2.11. The minimum absolute atomic E-state index is 0.340. The standard InChI is InChI=1S/C8H6ClFN2/c1-12-3-2-5-7(12)6(10)4-11-8(5)9/h2-4H,1H3. The van der Waals surface area contributed by atoms with E-state index in [0.29, 0.717) is 16.1 Å². The Morgan fingerprint density at radius 3 is 3.00 bits per heavy atom. The smallest absolute Gasteiger partial charge is 0.165 e. The summed E-state index contributed by atoms with van der Waals surface area (Å²) in [5, 5.41) is 0.992. The molecule has 0 bridgehead atoms. The SMILES string of the molecule is Cn1ccc2c(Cl)ncc(F)c21. The fraction of sp³-hybridized carbons (Fsp3) is 0.125. The second-order valence-electron chi connectivity index (χ2n) is 2.59. The largest absolute Gasteiger partial charge is 0.348 e. The number of hydrogen-bond acceptors (Lipinski definition) is 1. The topological polar surface area (TPSA) is 17.8 Å². The fourth-order valence-electron chi connectivity index (χ4n) is 1.24. The van der Waals surface area contributed by atoms with Gasteiger partial charge in [0.25, 0.3) is 0 Å². The number of halogens is 2. The summed E-state index contributed by atoms with van der Waals surface area (Å²) in [6.07, 6.45) is 2.88. The highest BCUT2D eigenvalue weighted by Crippen LogP contribution is 2.23. The van der Waals surface area contributed by atoms with Gasteiger partial charge >= 0.3 is 0 Å². The molecule has 0 aliphatic carbocycles. The highest BCUT2D eigenvalue weighted by Gasteiger charge is 2.07. The molecular formula is C8H6ClFN2. The van der Waals surface area contributed by atoms with Gasteiger partial charge in [0.15, 0.2) is 5.82 Å². The van der Waals surface area contributed by atoms with Crippen LogP contribution in [-0.2, 0) is 7.05 Å². The lowest BCUT2D eigenvalue weighted by Gasteiger charge is -1.97. The molecule has 2 nitrogen and oxygen atoms in total. The normalized spacial score (nSPS) is 10.9. The molecule has 0 atom stereocenters. The van der Waals surface area contributed by atoms with Crippen LogP contribution in [0, 0.1) is 5.82 Å². The molecular weight excluding hydrogens is 179 g/mol. The third kappa shape index (κ3) is 0.898. The van der Waals surface area contributed by atoms with E-state index in [4.69, 9.17) is 11.6 Å². The van der Waals surface area contributed by atoms with Crippen LogP contribution in [0.5, 0.6) is 0 Å². The van der Waals surface area contributed by atoms with Gasteiger partial charge in [-0.05, 0) is 6.07 Å². The van der Waals surface area contributed by atoms with E-state index in [2.05, 4.69) is 4.98 Å². The Bertz CT molecular complexity index is 436. The van der Waals surface area contributed by atoms with Crippen LogP contribution >= 0.6 is 11.6 Å². The summed E-state index contributed by atoms with van der Waals surface area (Å²) < 4.78 is 14.8. The van der Waals surface area contributed by atoms with Gasteiger partial charge in [-0.1, -0.05) is 11.6 Å². The van der Waals surface area contributed by atoms with Crippen LogP contribution < -0.4 is 0 Å². The average molecular weight is 185 g/mol. The van der Waals surface area contributed by atoms with Gasteiger partial charge in [-0.3, -0.25) is 0 Å². The van der Waals surface area contributed by atoms with Crippen LogP contribution in [0.15, 0.2) is 18.5 Å². The summed E-state index contributed by atoms with van der Waals surface area (Å²) in [6, 6.07) is 1.74. The maximum Gasteiger partial charge on any atom is 0.165 e. The van der Waals surface area contributed by atoms with Gasteiger partial charge in [-0.15, -0.1) is 0 Å². The molecule has 0 saturated carbocycles. The molecule has 0 fully saturated rings. The second kappa shape index (κ2) is 2.45. The lowest BCUT2D eigenvalue weighted by atomic mass is 10.3. The number of hydrogen-bond donors (Lipinski definition) is 0. The molecule has 2 aromatic heterocycles. The number of rotatable bonds is 0. The van der Waals surface area contributed by atoms with Crippen LogP contribution in [-0.4, -0.2) is 9.55 Å². The highest BCUT2D eigenvalue weighted by molar-refractivity contribution is 6.34. The maximum absolute atomic E-state index is 13.1. The minimum Gasteiger partial charge on any atom is -0.348 e. The zero-order valence-electron chi connectivity index (χ0n) is 6.38. The number of nitrogens with zero attached hydrogens (tertiary/aromatic N) is 2. The Labute approximate surface area is 73.6 Å². The van der Waals surface area contributed by atoms with E-state index in [1.165, 1.54) is 0 Å². The Kier molecular flexibility index (Phi) is 1.54. The van der Waals surface area contributed by atoms with E-state index < -0.39 is 0 Å². The summed E-state index contributed by atoms with van der Waals surface area (Å²) in [6.45, 7) is 0. The van der Waals surface area contributed by atoms with Crippen LogP contribution in [0.25, 0.3) is 10.9 Å². The Balaban J connectivity index is 2.98. The first-order valence-electron chi connectivity index (χ1n) is 3.45. The van der Waals surface area contributed by atoms with E-state index in [-0.39, 0.29) is 5.82 Å². The zero-order chi connectivity index (χ0) is 8.72. The quantitative estimate of drug-likeness (QED) is 0.575. The van der Waals surface area contributed by atoms with E-state index in [0.717, 1.165) is 6.20 Å². The lowest BCUT2D eigenvalue weighted by molar-refractivity contribution is 0.626. The number of pyridine rings is 1. The van der Waals surface area contributed by atoms with Crippen molar-refractivity contribution in [1.29, 1.82) is 0 Å². The number of aryl methyl sites for hydroxylation is 1. The zero-order valence-corrected chi connectivity index (χ0v) is 7.14. The van der Waals surface area contributed by atoms with Crippen molar-refractivity contribution >= 4 is 22.5 Å². The van der Waals surface area contributed by atoms with E-state index in [1.807, 2.05) is 0 Å².